The number of aromatic nitrogens is 3. The van der Waals surface area contributed by atoms with Gasteiger partial charge in [0.2, 0.25) is 5.88 Å². The molecule has 0 aliphatic carbocycles. The van der Waals surface area contributed by atoms with Gasteiger partial charge in [0.15, 0.2) is 0 Å². The highest BCUT2D eigenvalue weighted by molar-refractivity contribution is 5.95. The maximum atomic E-state index is 13.2. The minimum absolute atomic E-state index is 0.0564. The summed E-state index contributed by atoms with van der Waals surface area (Å²) in [5, 5.41) is 7.23. The van der Waals surface area contributed by atoms with Gasteiger partial charge in [-0.3, -0.25) is 4.79 Å². The highest BCUT2D eigenvalue weighted by Crippen LogP contribution is 2.23. The lowest BCUT2D eigenvalue weighted by molar-refractivity contribution is 0.0949. The van der Waals surface area contributed by atoms with Gasteiger partial charge in [-0.25, -0.2) is 14.1 Å². The van der Waals surface area contributed by atoms with Gasteiger partial charge >= 0.3 is 0 Å². The number of nitrogens with zero attached hydrogens (tertiary/aromatic N) is 3. The second kappa shape index (κ2) is 7.99. The Morgan fingerprint density at radius 3 is 2.52 bits per heavy atom. The lowest BCUT2D eigenvalue weighted by atomic mass is 10.0. The number of pyridine rings is 1. The zero-order valence-corrected chi connectivity index (χ0v) is 15.4. The van der Waals surface area contributed by atoms with Crippen LogP contribution < -0.4 is 10.1 Å². The van der Waals surface area contributed by atoms with Crippen LogP contribution in [0.2, 0.25) is 0 Å². The molecule has 27 heavy (non-hydrogen) atoms. The SMILES string of the molecule is COc1ccc(CNC(=O)c2cnn(-c3ccc(F)cc3)c2C(C)C)cn1. The number of nitrogens with one attached hydrogen (secondary N) is 1. The number of carbonyl (C=O) groups excluding carboxylic acids is 1. The van der Waals surface area contributed by atoms with Crippen LogP contribution in [-0.2, 0) is 6.54 Å². The quantitative estimate of drug-likeness (QED) is 0.723. The van der Waals surface area contributed by atoms with Crippen LogP contribution in [0, 0.1) is 5.82 Å². The summed E-state index contributed by atoms with van der Waals surface area (Å²) in [5.41, 5.74) is 2.84. The maximum absolute atomic E-state index is 13.2. The first-order chi connectivity index (χ1) is 13.0. The Morgan fingerprint density at radius 2 is 1.93 bits per heavy atom. The Balaban J connectivity index is 1.80. The number of methoxy groups -OCH3 is 1. The van der Waals surface area contributed by atoms with E-state index in [4.69, 9.17) is 4.74 Å². The van der Waals surface area contributed by atoms with Crippen LogP contribution in [0.5, 0.6) is 5.88 Å². The van der Waals surface area contributed by atoms with Crippen molar-refractivity contribution in [2.45, 2.75) is 26.3 Å². The molecule has 1 amide bonds. The third-order valence-electron chi connectivity index (χ3n) is 4.13. The fraction of sp³-hybridized carbons (Fsp3) is 0.250. The van der Waals surface area contributed by atoms with E-state index in [0.717, 1.165) is 11.3 Å². The van der Waals surface area contributed by atoms with E-state index in [-0.39, 0.29) is 17.6 Å². The third kappa shape index (κ3) is 4.13. The molecule has 7 heteroatoms. The molecule has 0 bridgehead atoms. The van der Waals surface area contributed by atoms with Crippen molar-refractivity contribution in [3.8, 4) is 11.6 Å². The van der Waals surface area contributed by atoms with Gasteiger partial charge < -0.3 is 10.1 Å². The van der Waals surface area contributed by atoms with E-state index in [0.29, 0.717) is 23.7 Å². The van der Waals surface area contributed by atoms with Gasteiger partial charge in [-0.05, 0) is 35.7 Å². The molecular weight excluding hydrogens is 347 g/mol. The van der Waals surface area contributed by atoms with Crippen molar-refractivity contribution in [2.75, 3.05) is 7.11 Å². The molecule has 0 spiro atoms. The zero-order chi connectivity index (χ0) is 19.4. The first-order valence-corrected chi connectivity index (χ1v) is 8.60. The molecule has 1 N–H and O–H groups in total. The largest absolute Gasteiger partial charge is 0.481 e. The Labute approximate surface area is 157 Å². The summed E-state index contributed by atoms with van der Waals surface area (Å²) >= 11 is 0. The van der Waals surface area contributed by atoms with Gasteiger partial charge in [0.05, 0.1) is 30.3 Å². The molecule has 3 aromatic rings. The summed E-state index contributed by atoms with van der Waals surface area (Å²) in [4.78, 5) is 16.8. The molecule has 0 saturated carbocycles. The van der Waals surface area contributed by atoms with Crippen molar-refractivity contribution < 1.29 is 13.9 Å². The Kier molecular flexibility index (Phi) is 5.49. The molecule has 0 unspecified atom stereocenters. The Morgan fingerprint density at radius 1 is 1.19 bits per heavy atom. The number of ether oxygens (including phenoxy) is 1. The van der Waals surface area contributed by atoms with Crippen LogP contribution in [0.4, 0.5) is 4.39 Å². The second-order valence-corrected chi connectivity index (χ2v) is 6.38. The summed E-state index contributed by atoms with van der Waals surface area (Å²) in [7, 11) is 1.55. The molecule has 0 aliphatic heterocycles. The molecule has 0 saturated heterocycles. The number of carbonyl (C=O) groups is 1. The van der Waals surface area contributed by atoms with Crippen LogP contribution >= 0.6 is 0 Å². The van der Waals surface area contributed by atoms with Crippen molar-refractivity contribution in [2.24, 2.45) is 0 Å². The van der Waals surface area contributed by atoms with E-state index in [2.05, 4.69) is 15.4 Å². The van der Waals surface area contributed by atoms with Gasteiger partial charge in [-0.2, -0.15) is 5.10 Å². The number of amides is 1. The van der Waals surface area contributed by atoms with Crippen molar-refractivity contribution in [3.05, 3.63) is 71.4 Å². The smallest absolute Gasteiger partial charge is 0.255 e. The monoisotopic (exact) mass is 368 g/mol. The number of halogens is 1. The first kappa shape index (κ1) is 18.6. The molecule has 2 heterocycles. The van der Waals surface area contributed by atoms with Crippen molar-refractivity contribution in [3.63, 3.8) is 0 Å². The second-order valence-electron chi connectivity index (χ2n) is 6.38. The van der Waals surface area contributed by atoms with Gasteiger partial charge in [0.25, 0.3) is 5.91 Å². The van der Waals surface area contributed by atoms with E-state index >= 15 is 0 Å². The average Bonchev–Trinajstić information content (AvgIpc) is 3.12. The van der Waals surface area contributed by atoms with E-state index < -0.39 is 0 Å². The minimum Gasteiger partial charge on any atom is -0.481 e. The van der Waals surface area contributed by atoms with E-state index in [9.17, 15) is 9.18 Å². The summed E-state index contributed by atoms with van der Waals surface area (Å²) in [6, 6.07) is 9.61. The predicted molar refractivity (Wildman–Crippen MR) is 99.6 cm³/mol. The first-order valence-electron chi connectivity index (χ1n) is 8.60. The van der Waals surface area contributed by atoms with Crippen LogP contribution in [0.1, 0.15) is 41.4 Å². The number of hydrogen-bond donors (Lipinski definition) is 1. The highest BCUT2D eigenvalue weighted by atomic mass is 19.1. The van der Waals surface area contributed by atoms with Crippen LogP contribution in [0.25, 0.3) is 5.69 Å². The third-order valence-corrected chi connectivity index (χ3v) is 4.13. The van der Waals surface area contributed by atoms with Crippen LogP contribution in [0.3, 0.4) is 0 Å². The fourth-order valence-corrected chi connectivity index (χ4v) is 2.79. The topological polar surface area (TPSA) is 69.0 Å². The molecule has 0 atom stereocenters. The fourth-order valence-electron chi connectivity index (χ4n) is 2.79. The molecule has 6 nitrogen and oxygen atoms in total. The van der Waals surface area contributed by atoms with Gasteiger partial charge in [-0.15, -0.1) is 0 Å². The molecular formula is C20H21FN4O2. The van der Waals surface area contributed by atoms with E-state index in [1.54, 1.807) is 42.4 Å². The summed E-state index contributed by atoms with van der Waals surface area (Å²) in [6.45, 7) is 4.32. The normalized spacial score (nSPS) is 10.9. The highest BCUT2D eigenvalue weighted by Gasteiger charge is 2.20. The molecule has 1 aromatic carbocycles. The van der Waals surface area contributed by atoms with Gasteiger partial charge in [-0.1, -0.05) is 19.9 Å². The number of hydrogen-bond acceptors (Lipinski definition) is 4. The van der Waals surface area contributed by atoms with E-state index in [1.165, 1.54) is 12.1 Å². The van der Waals surface area contributed by atoms with Crippen molar-refractivity contribution in [1.82, 2.24) is 20.1 Å². The Bertz CT molecular complexity index is 918. The van der Waals surface area contributed by atoms with E-state index in [1.807, 2.05) is 19.9 Å². The summed E-state index contributed by atoms with van der Waals surface area (Å²) in [6.07, 6.45) is 3.20. The number of benzene rings is 1. The molecule has 140 valence electrons. The zero-order valence-electron chi connectivity index (χ0n) is 15.4. The minimum atomic E-state index is -0.317. The predicted octanol–water partition coefficient (Wildman–Crippen LogP) is 3.47. The molecule has 0 radical (unpaired) electrons. The van der Waals surface area contributed by atoms with Crippen molar-refractivity contribution in [1.29, 1.82) is 0 Å². The van der Waals surface area contributed by atoms with Gasteiger partial charge in [0, 0.05) is 18.8 Å². The van der Waals surface area contributed by atoms with Crippen LogP contribution in [0.15, 0.2) is 48.8 Å². The number of rotatable bonds is 6. The Hall–Kier alpha value is -3.22. The van der Waals surface area contributed by atoms with Gasteiger partial charge in [0.1, 0.15) is 5.82 Å². The summed E-state index contributed by atoms with van der Waals surface area (Å²) < 4.78 is 19.9. The summed E-state index contributed by atoms with van der Waals surface area (Å²) in [5.74, 6) is 0.0413. The lowest BCUT2D eigenvalue weighted by Crippen LogP contribution is -2.24. The lowest BCUT2D eigenvalue weighted by Gasteiger charge is -2.13. The molecule has 0 fully saturated rings. The van der Waals surface area contributed by atoms with Crippen LogP contribution in [-0.4, -0.2) is 27.8 Å². The molecule has 2 aromatic heterocycles. The average molecular weight is 368 g/mol. The molecule has 3 rings (SSSR count). The molecule has 0 aliphatic rings. The maximum Gasteiger partial charge on any atom is 0.255 e. The van der Waals surface area contributed by atoms with Crippen molar-refractivity contribution >= 4 is 5.91 Å². The standard InChI is InChI=1S/C20H21FN4O2/c1-13(2)19-17(12-24-25(19)16-7-5-15(21)6-8-16)20(26)23-11-14-4-9-18(27-3)22-10-14/h4-10,12-13H,11H2,1-3H3,(H,23,26).